The molecule has 0 saturated heterocycles. The largest absolute Gasteiger partial charge is 0.478 e. The quantitative estimate of drug-likeness (QED) is 0.908. The van der Waals surface area contributed by atoms with Crippen molar-refractivity contribution >= 4 is 45.0 Å². The van der Waals surface area contributed by atoms with Crippen molar-refractivity contribution in [3.05, 3.63) is 44.7 Å². The number of carboxylic acids is 1. The molecule has 1 amide bonds. The third-order valence-corrected chi connectivity index (χ3v) is 3.93. The van der Waals surface area contributed by atoms with Gasteiger partial charge in [-0.2, -0.15) is 0 Å². The van der Waals surface area contributed by atoms with E-state index in [0.717, 1.165) is 0 Å². The summed E-state index contributed by atoms with van der Waals surface area (Å²) >= 11 is 4.50. The van der Waals surface area contributed by atoms with Gasteiger partial charge in [-0.25, -0.2) is 9.78 Å². The molecule has 2 heterocycles. The van der Waals surface area contributed by atoms with Crippen LogP contribution in [0.4, 0.5) is 5.82 Å². The second-order valence-corrected chi connectivity index (χ2v) is 5.03. The Balaban J connectivity index is 2.28. The smallest absolute Gasteiger partial charge is 0.339 e. The van der Waals surface area contributed by atoms with Crippen LogP contribution in [0.3, 0.4) is 0 Å². The molecule has 2 aromatic rings. The summed E-state index contributed by atoms with van der Waals surface area (Å²) in [5.41, 5.74) is -0.0430. The molecule has 0 saturated carbocycles. The summed E-state index contributed by atoms with van der Waals surface area (Å²) in [6, 6.07) is 4.63. The van der Waals surface area contributed by atoms with Gasteiger partial charge in [0.25, 0.3) is 5.91 Å². The fourth-order valence-electron chi connectivity index (χ4n) is 1.30. The highest BCUT2D eigenvalue weighted by Gasteiger charge is 2.16. The minimum Gasteiger partial charge on any atom is -0.478 e. The molecule has 2 rings (SSSR count). The number of carbonyl (C=O) groups is 2. The lowest BCUT2D eigenvalue weighted by Gasteiger charge is -2.06. The number of amides is 1. The van der Waals surface area contributed by atoms with Gasteiger partial charge in [0.15, 0.2) is 0 Å². The Hall–Kier alpha value is -1.73. The fourth-order valence-corrected chi connectivity index (χ4v) is 2.74. The second-order valence-electron chi connectivity index (χ2n) is 3.26. The molecule has 0 fully saturated rings. The Morgan fingerprint density at radius 2 is 2.17 bits per heavy atom. The molecular weight excluding hydrogens is 320 g/mol. The van der Waals surface area contributed by atoms with Crippen molar-refractivity contribution in [2.45, 2.75) is 0 Å². The van der Waals surface area contributed by atoms with E-state index in [0.29, 0.717) is 9.35 Å². The molecule has 0 aliphatic carbocycles. The highest BCUT2D eigenvalue weighted by atomic mass is 79.9. The van der Waals surface area contributed by atoms with Crippen LogP contribution in [0, 0.1) is 0 Å². The highest BCUT2D eigenvalue weighted by Crippen LogP contribution is 2.24. The number of nitrogens with one attached hydrogen (secondary N) is 1. The van der Waals surface area contributed by atoms with Crippen LogP contribution >= 0.6 is 27.3 Å². The van der Waals surface area contributed by atoms with Crippen LogP contribution in [-0.4, -0.2) is 22.0 Å². The lowest BCUT2D eigenvalue weighted by atomic mass is 10.2. The van der Waals surface area contributed by atoms with Gasteiger partial charge in [0.2, 0.25) is 0 Å². The van der Waals surface area contributed by atoms with Crippen molar-refractivity contribution in [2.24, 2.45) is 0 Å². The Labute approximate surface area is 115 Å². The van der Waals surface area contributed by atoms with E-state index in [2.05, 4.69) is 26.2 Å². The summed E-state index contributed by atoms with van der Waals surface area (Å²) in [5.74, 6) is -1.49. The average Bonchev–Trinajstić information content (AvgIpc) is 2.76. The zero-order chi connectivity index (χ0) is 13.1. The molecule has 7 heteroatoms. The number of hydrogen-bond acceptors (Lipinski definition) is 4. The van der Waals surface area contributed by atoms with Crippen LogP contribution in [0.25, 0.3) is 0 Å². The molecule has 2 aromatic heterocycles. The van der Waals surface area contributed by atoms with Crippen molar-refractivity contribution in [1.29, 1.82) is 0 Å². The van der Waals surface area contributed by atoms with Gasteiger partial charge in [0.1, 0.15) is 16.3 Å². The number of aromatic carboxylic acids is 1. The lowest BCUT2D eigenvalue weighted by Crippen LogP contribution is -2.15. The standard InChI is InChI=1S/C11H7BrN2O3S/c12-7-3-5-18-8(7)10(15)14-9-6(11(16)17)2-1-4-13-9/h1-5H,(H,16,17)(H,13,14,15). The van der Waals surface area contributed by atoms with Crippen LogP contribution in [-0.2, 0) is 0 Å². The third-order valence-electron chi connectivity index (χ3n) is 2.09. The summed E-state index contributed by atoms with van der Waals surface area (Å²) < 4.78 is 0.665. The van der Waals surface area contributed by atoms with Gasteiger partial charge in [-0.3, -0.25) is 4.79 Å². The number of nitrogens with zero attached hydrogens (tertiary/aromatic N) is 1. The second kappa shape index (κ2) is 5.28. The number of carboxylic acid groups (broad SMARTS) is 1. The minimum absolute atomic E-state index is 0.0373. The first-order valence-electron chi connectivity index (χ1n) is 4.82. The molecule has 92 valence electrons. The molecule has 0 aliphatic rings. The van der Waals surface area contributed by atoms with Gasteiger partial charge < -0.3 is 10.4 Å². The Morgan fingerprint density at radius 1 is 1.39 bits per heavy atom. The van der Waals surface area contributed by atoms with Gasteiger partial charge in [0, 0.05) is 10.7 Å². The molecular formula is C11H7BrN2O3S. The lowest BCUT2D eigenvalue weighted by molar-refractivity contribution is 0.0697. The van der Waals surface area contributed by atoms with Crippen molar-refractivity contribution in [3.63, 3.8) is 0 Å². The zero-order valence-corrected chi connectivity index (χ0v) is 11.3. The molecule has 0 aliphatic heterocycles. The average molecular weight is 327 g/mol. The predicted octanol–water partition coefficient (Wildman–Crippen LogP) is 2.86. The maximum Gasteiger partial charge on any atom is 0.339 e. The molecule has 0 bridgehead atoms. The van der Waals surface area contributed by atoms with Gasteiger partial charge >= 0.3 is 5.97 Å². The van der Waals surface area contributed by atoms with Crippen molar-refractivity contribution in [2.75, 3.05) is 5.32 Å². The molecule has 5 nitrogen and oxygen atoms in total. The number of anilines is 1. The maximum absolute atomic E-state index is 11.9. The summed E-state index contributed by atoms with van der Waals surface area (Å²) in [5, 5.41) is 13.2. The molecule has 0 unspecified atom stereocenters. The van der Waals surface area contributed by atoms with Crippen molar-refractivity contribution in [3.8, 4) is 0 Å². The van der Waals surface area contributed by atoms with Crippen LogP contribution < -0.4 is 5.32 Å². The number of aromatic nitrogens is 1. The number of carbonyl (C=O) groups excluding carboxylic acids is 1. The Morgan fingerprint density at radius 3 is 2.78 bits per heavy atom. The van der Waals surface area contributed by atoms with Crippen LogP contribution in [0.15, 0.2) is 34.2 Å². The van der Waals surface area contributed by atoms with Crippen LogP contribution in [0.1, 0.15) is 20.0 Å². The SMILES string of the molecule is O=C(O)c1cccnc1NC(=O)c1sccc1Br. The first kappa shape index (κ1) is 12.7. The number of rotatable bonds is 3. The number of thiophene rings is 1. The minimum atomic E-state index is -1.14. The Kier molecular flexibility index (Phi) is 3.73. The predicted molar refractivity (Wildman–Crippen MR) is 71.2 cm³/mol. The highest BCUT2D eigenvalue weighted by molar-refractivity contribution is 9.10. The van der Waals surface area contributed by atoms with Crippen molar-refractivity contribution in [1.82, 2.24) is 4.98 Å². The third kappa shape index (κ3) is 2.57. The molecule has 0 aromatic carbocycles. The van der Waals surface area contributed by atoms with E-state index in [1.807, 2.05) is 0 Å². The van der Waals surface area contributed by atoms with Crippen LogP contribution in [0.2, 0.25) is 0 Å². The maximum atomic E-state index is 11.9. The van der Waals surface area contributed by atoms with Gasteiger partial charge in [-0.15, -0.1) is 11.3 Å². The van der Waals surface area contributed by atoms with E-state index in [9.17, 15) is 9.59 Å². The molecule has 18 heavy (non-hydrogen) atoms. The summed E-state index contributed by atoms with van der Waals surface area (Å²) in [6.07, 6.45) is 1.42. The number of pyridine rings is 1. The fraction of sp³-hybridized carbons (Fsp3) is 0. The topological polar surface area (TPSA) is 79.3 Å². The first-order valence-corrected chi connectivity index (χ1v) is 6.49. The van der Waals surface area contributed by atoms with Gasteiger partial charge in [-0.05, 0) is 39.5 Å². The first-order chi connectivity index (χ1) is 8.59. The van der Waals surface area contributed by atoms with E-state index < -0.39 is 11.9 Å². The Bertz CT molecular complexity index is 612. The van der Waals surface area contributed by atoms with E-state index in [1.165, 1.54) is 29.7 Å². The van der Waals surface area contributed by atoms with Gasteiger partial charge in [0.05, 0.1) is 0 Å². The van der Waals surface area contributed by atoms with Crippen LogP contribution in [0.5, 0.6) is 0 Å². The van der Waals surface area contributed by atoms with E-state index >= 15 is 0 Å². The summed E-state index contributed by atoms with van der Waals surface area (Å²) in [6.45, 7) is 0. The van der Waals surface area contributed by atoms with E-state index in [-0.39, 0.29) is 11.4 Å². The normalized spacial score (nSPS) is 10.1. The molecule has 0 spiro atoms. The van der Waals surface area contributed by atoms with Gasteiger partial charge in [-0.1, -0.05) is 0 Å². The summed E-state index contributed by atoms with van der Waals surface area (Å²) in [4.78, 5) is 27.2. The van der Waals surface area contributed by atoms with E-state index in [1.54, 1.807) is 11.4 Å². The number of hydrogen-bond donors (Lipinski definition) is 2. The molecule has 0 radical (unpaired) electrons. The molecule has 0 atom stereocenters. The monoisotopic (exact) mass is 326 g/mol. The zero-order valence-electron chi connectivity index (χ0n) is 8.88. The van der Waals surface area contributed by atoms with E-state index in [4.69, 9.17) is 5.11 Å². The molecule has 2 N–H and O–H groups in total. The summed E-state index contributed by atoms with van der Waals surface area (Å²) in [7, 11) is 0. The van der Waals surface area contributed by atoms with Crippen molar-refractivity contribution < 1.29 is 14.7 Å². The number of halogens is 1.